The third-order valence-electron chi connectivity index (χ3n) is 11.1. The first kappa shape index (κ1) is 45.0. The van der Waals surface area contributed by atoms with E-state index in [0.717, 1.165) is 51.1 Å². The summed E-state index contributed by atoms with van der Waals surface area (Å²) < 4.78 is 9.88. The van der Waals surface area contributed by atoms with Crippen LogP contribution in [0.5, 0.6) is 0 Å². The Balaban J connectivity index is 0.000000243. The van der Waals surface area contributed by atoms with Crippen molar-refractivity contribution in [1.82, 2.24) is 14.5 Å². The molecule has 1 radical (unpaired) electrons. The number of rotatable bonds is 10. The van der Waals surface area contributed by atoms with Gasteiger partial charge >= 0.3 is 126 Å². The monoisotopic (exact) mass is 1030 g/mol. The van der Waals surface area contributed by atoms with Gasteiger partial charge in [-0.25, -0.2) is 0 Å². The van der Waals surface area contributed by atoms with E-state index in [2.05, 4.69) is 193 Å². The Labute approximate surface area is 374 Å². The van der Waals surface area contributed by atoms with E-state index in [1.165, 1.54) is 39.1 Å². The van der Waals surface area contributed by atoms with Crippen molar-refractivity contribution < 1.29 is 24.5 Å². The van der Waals surface area contributed by atoms with E-state index in [1.807, 2.05) is 18.2 Å². The molecule has 0 fully saturated rings. The molecule has 0 atom stereocenters. The van der Waals surface area contributed by atoms with Crippen molar-refractivity contribution in [3.63, 3.8) is 0 Å². The molecule has 3 aromatic heterocycles. The van der Waals surface area contributed by atoms with Gasteiger partial charge < -0.3 is 8.98 Å². The van der Waals surface area contributed by atoms with Gasteiger partial charge in [-0.1, -0.05) is 119 Å². The molecule has 0 amide bonds. The number of nitrogens with zero attached hydrogens (tertiary/aromatic N) is 3. The van der Waals surface area contributed by atoms with Crippen LogP contribution < -0.4 is 4.40 Å². The second-order valence-electron chi connectivity index (χ2n) is 18.3. The average Bonchev–Trinajstić information content (AvgIpc) is 3.81. The van der Waals surface area contributed by atoms with E-state index in [-0.39, 0.29) is 20.1 Å². The van der Waals surface area contributed by atoms with Crippen LogP contribution in [0.1, 0.15) is 95.4 Å². The minimum Gasteiger partial charge on any atom is -0.557 e. The molecule has 3 heterocycles. The second kappa shape index (κ2) is 19.0. The second-order valence-corrected chi connectivity index (χ2v) is 28.9. The van der Waals surface area contributed by atoms with Gasteiger partial charge in [0, 0.05) is 37.6 Å². The molecule has 6 heteroatoms. The number of furan rings is 1. The third-order valence-corrected chi connectivity index (χ3v) is 15.5. The van der Waals surface area contributed by atoms with Crippen LogP contribution in [-0.4, -0.2) is 27.8 Å². The van der Waals surface area contributed by atoms with Crippen molar-refractivity contribution in [2.45, 2.75) is 96.8 Å². The van der Waals surface area contributed by atoms with Gasteiger partial charge in [-0.15, -0.1) is 0 Å². The first-order valence-corrected chi connectivity index (χ1v) is 28.7. The van der Waals surface area contributed by atoms with Crippen molar-refractivity contribution in [3.05, 3.63) is 156 Å². The van der Waals surface area contributed by atoms with Gasteiger partial charge in [0.05, 0.1) is 16.9 Å². The van der Waals surface area contributed by atoms with Gasteiger partial charge in [0.2, 0.25) is 0 Å². The van der Waals surface area contributed by atoms with E-state index in [1.54, 1.807) is 4.40 Å². The number of para-hydroxylation sites is 2. The average molecular weight is 1030 g/mol. The van der Waals surface area contributed by atoms with Gasteiger partial charge in [-0.05, 0) is 64.3 Å². The summed E-state index contributed by atoms with van der Waals surface area (Å²) in [7, 11) is 0. The Bertz CT molecular complexity index is 2660. The summed E-state index contributed by atoms with van der Waals surface area (Å²) >= 11 is -1.86. The first-order valence-electron chi connectivity index (χ1n) is 21.3. The quantitative estimate of drug-likeness (QED) is 0.101. The zero-order valence-corrected chi connectivity index (χ0v) is 41.6. The van der Waals surface area contributed by atoms with Crippen molar-refractivity contribution in [3.8, 4) is 39.5 Å². The Kier molecular flexibility index (Phi) is 14.3. The molecule has 0 aliphatic carbocycles. The van der Waals surface area contributed by atoms with Crippen molar-refractivity contribution in [1.29, 1.82) is 0 Å². The number of benzene rings is 5. The Morgan fingerprint density at radius 1 is 0.700 bits per heavy atom. The fourth-order valence-electron chi connectivity index (χ4n) is 8.04. The fraction of sp³-hybridized carbons (Fsp3) is 0.296. The molecule has 0 saturated heterocycles. The van der Waals surface area contributed by atoms with Gasteiger partial charge in [-0.3, -0.25) is 4.98 Å². The van der Waals surface area contributed by atoms with E-state index in [4.69, 9.17) is 14.4 Å². The number of imidazole rings is 1. The zero-order chi connectivity index (χ0) is 42.0. The Morgan fingerprint density at radius 2 is 1.37 bits per heavy atom. The SMILES string of the molecule is CC(C)Cc1cc(-c2[c-]cccc2)nc[c]1[Ge]([CH3])([CH3])[CH3].CC(C)c1ccc2o[c-]c(-c3nc4ccccc4n3-c3c(C(C)C)cc(-c4ccccc4)cc3C(C)C)c2c1.[Ir]. The Hall–Kier alpha value is -4.55. The zero-order valence-electron chi connectivity index (χ0n) is 37.1. The van der Waals surface area contributed by atoms with Crippen LogP contribution in [0.25, 0.3) is 61.5 Å². The van der Waals surface area contributed by atoms with Crippen molar-refractivity contribution in [2.75, 3.05) is 0 Å². The van der Waals surface area contributed by atoms with E-state index in [0.29, 0.717) is 23.7 Å². The molecule has 311 valence electrons. The maximum Gasteiger partial charge on any atom is 0.0774 e. The third kappa shape index (κ3) is 9.65. The predicted octanol–water partition coefficient (Wildman–Crippen LogP) is 14.6. The molecule has 0 saturated carbocycles. The van der Waals surface area contributed by atoms with Gasteiger partial charge in [0.1, 0.15) is 0 Å². The van der Waals surface area contributed by atoms with Crippen LogP contribution in [0.3, 0.4) is 0 Å². The summed E-state index contributed by atoms with van der Waals surface area (Å²) in [5, 5.41) is 1.05. The number of hydrogen-bond donors (Lipinski definition) is 0. The maximum atomic E-state index is 5.98. The fourth-order valence-corrected chi connectivity index (χ4v) is 11.4. The van der Waals surface area contributed by atoms with Crippen LogP contribution in [0.4, 0.5) is 0 Å². The molecule has 0 N–H and O–H groups in total. The topological polar surface area (TPSA) is 43.9 Å². The largest absolute Gasteiger partial charge is 0.557 e. The molecule has 0 unspecified atom stereocenters. The molecule has 0 aliphatic rings. The minimum absolute atomic E-state index is 0. The molecule has 0 bridgehead atoms. The first-order chi connectivity index (χ1) is 28.2. The summed E-state index contributed by atoms with van der Waals surface area (Å²) in [6, 6.07) is 43.9. The van der Waals surface area contributed by atoms with Crippen LogP contribution in [-0.2, 0) is 26.5 Å². The van der Waals surface area contributed by atoms with Crippen LogP contribution in [0.15, 0.2) is 126 Å². The van der Waals surface area contributed by atoms with Crippen LogP contribution in [0.2, 0.25) is 17.3 Å². The number of hydrogen-bond acceptors (Lipinski definition) is 3. The van der Waals surface area contributed by atoms with Crippen molar-refractivity contribution in [2.24, 2.45) is 5.92 Å². The van der Waals surface area contributed by atoms with Gasteiger partial charge in [0.25, 0.3) is 0 Å². The smallest absolute Gasteiger partial charge is 0.0774 e. The normalized spacial score (nSPS) is 11.8. The molecular formula is C54H59GeIrN3O-2. The van der Waals surface area contributed by atoms with E-state index < -0.39 is 13.3 Å². The molecular weight excluding hydrogens is 971 g/mol. The minimum atomic E-state index is -1.86. The van der Waals surface area contributed by atoms with E-state index in [9.17, 15) is 0 Å². The standard InChI is InChI=1S/C36H35N2O.C18H24GeN.Ir/c1-22(2)26-16-17-34-30(18-26)31(21-39-34)36-37-32-14-10-11-15-33(32)38(36)35-28(23(3)4)19-27(20-29(35)24(5)6)25-12-8-7-9-13-25;1-14(2)11-16-12-18(15-9-7-6-8-10-15)20-13-17(16)19(3,4)5;/h7-20,22-24H,1-6H3;6-9,12-14H,11H2,1-5H3;/q2*-1;. The summed E-state index contributed by atoms with van der Waals surface area (Å²) in [4.78, 5) is 9.91. The summed E-state index contributed by atoms with van der Waals surface area (Å²) in [5.41, 5.74) is 15.0. The molecule has 8 rings (SSSR count). The molecule has 4 nitrogen and oxygen atoms in total. The van der Waals surface area contributed by atoms with Crippen LogP contribution >= 0.6 is 0 Å². The maximum absolute atomic E-state index is 5.98. The Morgan fingerprint density at radius 3 is 1.98 bits per heavy atom. The molecule has 8 aromatic rings. The number of pyridine rings is 1. The summed E-state index contributed by atoms with van der Waals surface area (Å²) in [5.74, 6) is 9.90. The number of aromatic nitrogens is 3. The van der Waals surface area contributed by atoms with E-state index >= 15 is 0 Å². The molecule has 60 heavy (non-hydrogen) atoms. The summed E-state index contributed by atoms with van der Waals surface area (Å²) in [6.07, 6.45) is 6.52. The van der Waals surface area contributed by atoms with Gasteiger partial charge in [0.15, 0.2) is 0 Å². The summed E-state index contributed by atoms with van der Waals surface area (Å²) in [6.45, 7) is 18.1. The molecule has 0 aliphatic heterocycles. The predicted molar refractivity (Wildman–Crippen MR) is 253 cm³/mol. The number of fused-ring (bicyclic) bond motifs is 2. The molecule has 5 aromatic carbocycles. The molecule has 0 spiro atoms. The van der Waals surface area contributed by atoms with Crippen LogP contribution in [0, 0.1) is 18.2 Å². The van der Waals surface area contributed by atoms with Crippen molar-refractivity contribution >= 4 is 39.7 Å². The van der Waals surface area contributed by atoms with Gasteiger partial charge in [-0.2, -0.15) is 0 Å².